The third kappa shape index (κ3) is 2.70. The Kier molecular flexibility index (Phi) is 4.15. The van der Waals surface area contributed by atoms with Gasteiger partial charge in [-0.05, 0) is 30.3 Å². The Balaban J connectivity index is 2.40. The van der Waals surface area contributed by atoms with Gasteiger partial charge in [-0.2, -0.15) is 0 Å². The Morgan fingerprint density at radius 3 is 2.65 bits per heavy atom. The van der Waals surface area contributed by atoms with E-state index in [4.69, 9.17) is 22.1 Å². The van der Waals surface area contributed by atoms with Crippen LogP contribution in [0.15, 0.2) is 42.5 Å². The summed E-state index contributed by atoms with van der Waals surface area (Å²) in [6.07, 6.45) is 0. The molecule has 0 aliphatic rings. The van der Waals surface area contributed by atoms with Crippen LogP contribution in [-0.2, 0) is 0 Å². The summed E-state index contributed by atoms with van der Waals surface area (Å²) in [4.78, 5) is 14.0. The Morgan fingerprint density at radius 2 is 1.95 bits per heavy atom. The van der Waals surface area contributed by atoms with Gasteiger partial charge in [0, 0.05) is 12.7 Å². The molecule has 2 rings (SSSR count). The second-order valence-corrected chi connectivity index (χ2v) is 4.68. The average Bonchev–Trinajstić information content (AvgIpc) is 2.48. The summed E-state index contributed by atoms with van der Waals surface area (Å²) in [6, 6.07) is 12.1. The second-order valence-electron chi connectivity index (χ2n) is 4.28. The number of nitrogens with two attached hydrogens (primary N) is 1. The number of carbonyl (C=O) groups is 1. The summed E-state index contributed by atoms with van der Waals surface area (Å²) in [6.45, 7) is 0. The van der Waals surface area contributed by atoms with Gasteiger partial charge in [0.15, 0.2) is 0 Å². The Hall–Kier alpha value is -2.20. The maximum Gasteiger partial charge on any atom is 0.259 e. The van der Waals surface area contributed by atoms with Gasteiger partial charge in [-0.3, -0.25) is 4.79 Å². The van der Waals surface area contributed by atoms with Crippen molar-refractivity contribution in [1.82, 2.24) is 0 Å². The Bertz CT molecular complexity index is 644. The van der Waals surface area contributed by atoms with Crippen molar-refractivity contribution < 1.29 is 9.53 Å². The van der Waals surface area contributed by atoms with E-state index < -0.39 is 0 Å². The molecular weight excluding hydrogens is 276 g/mol. The number of rotatable bonds is 3. The van der Waals surface area contributed by atoms with Crippen LogP contribution in [0.25, 0.3) is 0 Å². The molecular formula is C15H15ClN2O2. The monoisotopic (exact) mass is 290 g/mol. The highest BCUT2D eigenvalue weighted by Crippen LogP contribution is 2.29. The molecule has 0 unspecified atom stereocenters. The molecule has 2 N–H and O–H groups in total. The molecule has 2 aromatic rings. The summed E-state index contributed by atoms with van der Waals surface area (Å²) in [5.74, 6) is 0.371. The Morgan fingerprint density at radius 1 is 1.25 bits per heavy atom. The van der Waals surface area contributed by atoms with Crippen LogP contribution < -0.4 is 15.4 Å². The molecule has 4 nitrogen and oxygen atoms in total. The van der Waals surface area contributed by atoms with E-state index >= 15 is 0 Å². The summed E-state index contributed by atoms with van der Waals surface area (Å²) < 4.78 is 5.25. The molecule has 20 heavy (non-hydrogen) atoms. The second kappa shape index (κ2) is 5.84. The van der Waals surface area contributed by atoms with Crippen LogP contribution in [0.4, 0.5) is 11.4 Å². The first kappa shape index (κ1) is 14.2. The lowest BCUT2D eigenvalue weighted by Crippen LogP contribution is -2.27. The predicted octanol–water partition coefficient (Wildman–Crippen LogP) is 3.21. The van der Waals surface area contributed by atoms with Gasteiger partial charge in [0.1, 0.15) is 5.75 Å². The van der Waals surface area contributed by atoms with Crippen LogP contribution in [-0.4, -0.2) is 20.1 Å². The van der Waals surface area contributed by atoms with Crippen LogP contribution in [0.5, 0.6) is 5.75 Å². The number of methoxy groups -OCH3 is 1. The maximum atomic E-state index is 12.5. The van der Waals surface area contributed by atoms with E-state index in [1.54, 1.807) is 44.5 Å². The molecule has 2 aromatic carbocycles. The lowest BCUT2D eigenvalue weighted by Gasteiger charge is -2.20. The number of nitrogens with zero attached hydrogens (tertiary/aromatic N) is 1. The van der Waals surface area contributed by atoms with E-state index in [0.717, 1.165) is 0 Å². The highest BCUT2D eigenvalue weighted by Gasteiger charge is 2.19. The molecule has 0 aliphatic carbocycles. The van der Waals surface area contributed by atoms with Crippen LogP contribution in [0.2, 0.25) is 5.02 Å². The number of ether oxygens (including phenoxy) is 1. The zero-order chi connectivity index (χ0) is 14.7. The molecule has 1 amide bonds. The zero-order valence-electron chi connectivity index (χ0n) is 11.3. The number of nitrogen functional groups attached to an aromatic ring is 1. The molecule has 0 atom stereocenters. The standard InChI is InChI=1S/C15H15ClN2O2/c1-18(13-5-3-4-6-14(13)20-2)15(19)11-9-10(17)7-8-12(11)16/h3-9H,17H2,1-2H3. The number of hydrogen-bond donors (Lipinski definition) is 1. The predicted molar refractivity (Wildman–Crippen MR) is 81.6 cm³/mol. The van der Waals surface area contributed by atoms with Crippen molar-refractivity contribution in [3.8, 4) is 5.75 Å². The summed E-state index contributed by atoms with van der Waals surface area (Å²) >= 11 is 6.06. The van der Waals surface area contributed by atoms with E-state index in [1.807, 2.05) is 12.1 Å². The smallest absolute Gasteiger partial charge is 0.259 e. The van der Waals surface area contributed by atoms with E-state index in [9.17, 15) is 4.79 Å². The minimum absolute atomic E-state index is 0.244. The lowest BCUT2D eigenvalue weighted by molar-refractivity contribution is 0.0992. The first-order valence-corrected chi connectivity index (χ1v) is 6.38. The Labute approximate surface area is 122 Å². The SMILES string of the molecule is COc1ccccc1N(C)C(=O)c1cc(N)ccc1Cl. The molecule has 0 bridgehead atoms. The van der Waals surface area contributed by atoms with Gasteiger partial charge in [0.05, 0.1) is 23.4 Å². The van der Waals surface area contributed by atoms with Crippen LogP contribution >= 0.6 is 11.6 Å². The fraction of sp³-hybridized carbons (Fsp3) is 0.133. The highest BCUT2D eigenvalue weighted by molar-refractivity contribution is 6.34. The van der Waals surface area contributed by atoms with Gasteiger partial charge in [0.25, 0.3) is 5.91 Å². The molecule has 0 saturated carbocycles. The number of hydrogen-bond acceptors (Lipinski definition) is 3. The largest absolute Gasteiger partial charge is 0.495 e. The minimum Gasteiger partial charge on any atom is -0.495 e. The highest BCUT2D eigenvalue weighted by atomic mass is 35.5. The van der Waals surface area contributed by atoms with E-state index in [1.165, 1.54) is 4.90 Å². The molecule has 0 aromatic heterocycles. The zero-order valence-corrected chi connectivity index (χ0v) is 12.0. The first-order chi connectivity index (χ1) is 9.54. The van der Waals surface area contributed by atoms with Gasteiger partial charge in [0.2, 0.25) is 0 Å². The summed E-state index contributed by atoms with van der Waals surface area (Å²) in [5.41, 5.74) is 7.22. The molecule has 0 radical (unpaired) electrons. The van der Waals surface area contributed by atoms with Crippen molar-refractivity contribution in [1.29, 1.82) is 0 Å². The normalized spacial score (nSPS) is 10.2. The topological polar surface area (TPSA) is 55.6 Å². The van der Waals surface area contributed by atoms with Gasteiger partial charge in [-0.25, -0.2) is 0 Å². The molecule has 0 aliphatic heterocycles. The fourth-order valence-electron chi connectivity index (χ4n) is 1.90. The third-order valence-electron chi connectivity index (χ3n) is 2.97. The average molecular weight is 291 g/mol. The number of anilines is 2. The molecule has 0 fully saturated rings. The summed E-state index contributed by atoms with van der Waals surface area (Å²) in [7, 11) is 3.23. The number of halogens is 1. The number of amides is 1. The van der Waals surface area contributed by atoms with Crippen molar-refractivity contribution in [3.63, 3.8) is 0 Å². The number of benzene rings is 2. The van der Waals surface area contributed by atoms with Crippen molar-refractivity contribution in [2.45, 2.75) is 0 Å². The molecule has 0 saturated heterocycles. The van der Waals surface area contributed by atoms with E-state index in [2.05, 4.69) is 0 Å². The van der Waals surface area contributed by atoms with Crippen molar-refractivity contribution in [2.24, 2.45) is 0 Å². The first-order valence-electron chi connectivity index (χ1n) is 6.00. The molecule has 0 heterocycles. The number of carbonyl (C=O) groups excluding carboxylic acids is 1. The third-order valence-corrected chi connectivity index (χ3v) is 3.30. The summed E-state index contributed by atoms with van der Waals surface area (Å²) in [5, 5.41) is 0.367. The van der Waals surface area contributed by atoms with Crippen LogP contribution in [0.3, 0.4) is 0 Å². The molecule has 104 valence electrons. The van der Waals surface area contributed by atoms with E-state index in [-0.39, 0.29) is 5.91 Å². The van der Waals surface area contributed by atoms with Crippen molar-refractivity contribution >= 4 is 28.9 Å². The minimum atomic E-state index is -0.244. The quantitative estimate of drug-likeness (QED) is 0.883. The maximum absolute atomic E-state index is 12.5. The van der Waals surface area contributed by atoms with E-state index in [0.29, 0.717) is 27.7 Å². The van der Waals surface area contributed by atoms with Gasteiger partial charge in [-0.1, -0.05) is 23.7 Å². The van der Waals surface area contributed by atoms with Gasteiger partial charge >= 0.3 is 0 Å². The van der Waals surface area contributed by atoms with Crippen molar-refractivity contribution in [2.75, 3.05) is 24.8 Å². The lowest BCUT2D eigenvalue weighted by atomic mass is 10.1. The fourth-order valence-corrected chi connectivity index (χ4v) is 2.10. The molecule has 5 heteroatoms. The molecule has 0 spiro atoms. The van der Waals surface area contributed by atoms with Gasteiger partial charge in [-0.15, -0.1) is 0 Å². The number of para-hydroxylation sites is 2. The van der Waals surface area contributed by atoms with Gasteiger partial charge < -0.3 is 15.4 Å². The van der Waals surface area contributed by atoms with Crippen LogP contribution in [0.1, 0.15) is 10.4 Å². The van der Waals surface area contributed by atoms with Crippen molar-refractivity contribution in [3.05, 3.63) is 53.1 Å². The van der Waals surface area contributed by atoms with Crippen LogP contribution in [0, 0.1) is 0 Å².